The summed E-state index contributed by atoms with van der Waals surface area (Å²) in [5.74, 6) is 3.04. The van der Waals surface area contributed by atoms with Gasteiger partial charge in [0, 0.05) is 50.8 Å². The van der Waals surface area contributed by atoms with Crippen LogP contribution in [0.25, 0.3) is 0 Å². The Morgan fingerprint density at radius 1 is 1.38 bits per heavy atom. The molecule has 3 heterocycles. The number of amides is 1. The topological polar surface area (TPSA) is 75.9 Å². The molecule has 1 N–H and O–H groups in total. The SMILES string of the molecule is CC(C)c1nnc2n1C[C@@H](NC(=O)c1ccnc(N(C)C)c1)CC2. The molecule has 0 spiro atoms. The van der Waals surface area contributed by atoms with Gasteiger partial charge in [-0.2, -0.15) is 0 Å². The van der Waals surface area contributed by atoms with E-state index in [2.05, 4.69) is 38.9 Å². The van der Waals surface area contributed by atoms with E-state index in [9.17, 15) is 4.79 Å². The lowest BCUT2D eigenvalue weighted by molar-refractivity contribution is 0.0927. The summed E-state index contributed by atoms with van der Waals surface area (Å²) >= 11 is 0. The lowest BCUT2D eigenvalue weighted by atomic mass is 10.1. The van der Waals surface area contributed by atoms with Crippen molar-refractivity contribution in [3.05, 3.63) is 35.5 Å². The van der Waals surface area contributed by atoms with E-state index < -0.39 is 0 Å². The molecular formula is C17H24N6O. The van der Waals surface area contributed by atoms with Crippen LogP contribution in [0.5, 0.6) is 0 Å². The van der Waals surface area contributed by atoms with Crippen molar-refractivity contribution < 1.29 is 4.79 Å². The number of pyridine rings is 1. The third kappa shape index (κ3) is 3.25. The Morgan fingerprint density at radius 3 is 2.88 bits per heavy atom. The summed E-state index contributed by atoms with van der Waals surface area (Å²) < 4.78 is 2.15. The Balaban J connectivity index is 1.72. The van der Waals surface area contributed by atoms with E-state index in [-0.39, 0.29) is 11.9 Å². The number of carbonyl (C=O) groups excluding carboxylic acids is 1. The molecule has 0 aliphatic carbocycles. The first-order valence-corrected chi connectivity index (χ1v) is 8.32. The lowest BCUT2D eigenvalue weighted by Gasteiger charge is -2.26. The van der Waals surface area contributed by atoms with Crippen LogP contribution in [0.1, 0.15) is 48.2 Å². The van der Waals surface area contributed by atoms with Gasteiger partial charge < -0.3 is 14.8 Å². The van der Waals surface area contributed by atoms with Crippen LogP contribution in [0.2, 0.25) is 0 Å². The third-order valence-corrected chi connectivity index (χ3v) is 4.29. The Kier molecular flexibility index (Phi) is 4.51. The Labute approximate surface area is 142 Å². The molecule has 0 saturated heterocycles. The van der Waals surface area contributed by atoms with Gasteiger partial charge in [-0.05, 0) is 18.6 Å². The van der Waals surface area contributed by atoms with Crippen LogP contribution in [0, 0.1) is 0 Å². The predicted octanol–water partition coefficient (Wildman–Crippen LogP) is 1.61. The standard InChI is InChI=1S/C17H24N6O/c1-11(2)16-21-20-14-6-5-13(10-23(14)16)19-17(24)12-7-8-18-15(9-12)22(3)4/h7-9,11,13H,5-6,10H2,1-4H3,(H,19,24)/t13-/m0/s1. The summed E-state index contributed by atoms with van der Waals surface area (Å²) in [5, 5.41) is 11.7. The first kappa shape index (κ1) is 16.4. The first-order chi connectivity index (χ1) is 11.5. The van der Waals surface area contributed by atoms with Gasteiger partial charge >= 0.3 is 0 Å². The molecule has 0 saturated carbocycles. The minimum absolute atomic E-state index is 0.0619. The molecule has 0 fully saturated rings. The van der Waals surface area contributed by atoms with Crippen molar-refractivity contribution in [1.82, 2.24) is 25.1 Å². The maximum Gasteiger partial charge on any atom is 0.251 e. The molecule has 24 heavy (non-hydrogen) atoms. The maximum atomic E-state index is 12.6. The maximum absolute atomic E-state index is 12.6. The summed E-state index contributed by atoms with van der Waals surface area (Å²) in [4.78, 5) is 18.7. The van der Waals surface area contributed by atoms with Gasteiger partial charge in [-0.25, -0.2) is 4.98 Å². The Bertz CT molecular complexity index is 736. The average Bonchev–Trinajstić information content (AvgIpc) is 2.98. The zero-order chi connectivity index (χ0) is 17.3. The largest absolute Gasteiger partial charge is 0.363 e. The second-order valence-electron chi connectivity index (χ2n) is 6.75. The van der Waals surface area contributed by atoms with Crippen LogP contribution in [0.15, 0.2) is 18.3 Å². The van der Waals surface area contributed by atoms with Crippen molar-refractivity contribution in [2.24, 2.45) is 0 Å². The molecule has 0 bridgehead atoms. The van der Waals surface area contributed by atoms with E-state index in [0.29, 0.717) is 11.5 Å². The van der Waals surface area contributed by atoms with Crippen molar-refractivity contribution in [2.45, 2.75) is 45.2 Å². The number of nitrogens with zero attached hydrogens (tertiary/aromatic N) is 5. The molecule has 128 valence electrons. The normalized spacial score (nSPS) is 16.8. The summed E-state index contributed by atoms with van der Waals surface area (Å²) in [6.45, 7) is 4.95. The van der Waals surface area contributed by atoms with Crippen LogP contribution < -0.4 is 10.2 Å². The fourth-order valence-electron chi connectivity index (χ4n) is 2.97. The highest BCUT2D eigenvalue weighted by Crippen LogP contribution is 2.20. The number of rotatable bonds is 4. The van der Waals surface area contributed by atoms with E-state index in [1.807, 2.05) is 25.1 Å². The van der Waals surface area contributed by atoms with Crippen LogP contribution >= 0.6 is 0 Å². The van der Waals surface area contributed by atoms with Crippen molar-refractivity contribution in [2.75, 3.05) is 19.0 Å². The Morgan fingerprint density at radius 2 is 2.17 bits per heavy atom. The van der Waals surface area contributed by atoms with E-state index >= 15 is 0 Å². The van der Waals surface area contributed by atoms with Gasteiger partial charge in [-0.15, -0.1) is 10.2 Å². The van der Waals surface area contributed by atoms with Crippen molar-refractivity contribution in [1.29, 1.82) is 0 Å². The molecule has 0 unspecified atom stereocenters. The zero-order valence-electron chi connectivity index (χ0n) is 14.7. The second-order valence-corrected chi connectivity index (χ2v) is 6.75. The van der Waals surface area contributed by atoms with Crippen LogP contribution in [0.3, 0.4) is 0 Å². The molecule has 3 rings (SSSR count). The number of aromatic nitrogens is 4. The van der Waals surface area contributed by atoms with E-state index in [4.69, 9.17) is 0 Å². The lowest BCUT2D eigenvalue weighted by Crippen LogP contribution is -2.41. The highest BCUT2D eigenvalue weighted by Gasteiger charge is 2.25. The predicted molar refractivity (Wildman–Crippen MR) is 92.3 cm³/mol. The van der Waals surface area contributed by atoms with Crippen LogP contribution in [-0.2, 0) is 13.0 Å². The molecule has 1 aliphatic heterocycles. The van der Waals surface area contributed by atoms with Crippen LogP contribution in [0.4, 0.5) is 5.82 Å². The highest BCUT2D eigenvalue weighted by atomic mass is 16.1. The monoisotopic (exact) mass is 328 g/mol. The number of carbonyl (C=O) groups is 1. The van der Waals surface area contributed by atoms with E-state index in [1.165, 1.54) is 0 Å². The van der Waals surface area contributed by atoms with Crippen LogP contribution in [-0.4, -0.2) is 45.8 Å². The molecule has 1 atom stereocenters. The average molecular weight is 328 g/mol. The van der Waals surface area contributed by atoms with Crippen molar-refractivity contribution >= 4 is 11.7 Å². The van der Waals surface area contributed by atoms with Gasteiger partial charge in [0.05, 0.1) is 0 Å². The Hall–Kier alpha value is -2.44. The molecule has 7 heteroatoms. The summed E-state index contributed by atoms with van der Waals surface area (Å²) in [5.41, 5.74) is 0.632. The molecule has 1 aliphatic rings. The highest BCUT2D eigenvalue weighted by molar-refractivity contribution is 5.95. The molecule has 1 amide bonds. The van der Waals surface area contributed by atoms with Gasteiger partial charge in [0.15, 0.2) is 0 Å². The number of anilines is 1. The van der Waals surface area contributed by atoms with Gasteiger partial charge in [-0.3, -0.25) is 4.79 Å². The van der Waals surface area contributed by atoms with Gasteiger partial charge in [0.1, 0.15) is 17.5 Å². The molecule has 2 aromatic heterocycles. The van der Waals surface area contributed by atoms with Gasteiger partial charge in [0.2, 0.25) is 0 Å². The minimum Gasteiger partial charge on any atom is -0.363 e. The van der Waals surface area contributed by atoms with Gasteiger partial charge in [-0.1, -0.05) is 13.8 Å². The number of hydrogen-bond donors (Lipinski definition) is 1. The fourth-order valence-corrected chi connectivity index (χ4v) is 2.97. The molecular weight excluding hydrogens is 304 g/mol. The first-order valence-electron chi connectivity index (χ1n) is 8.32. The quantitative estimate of drug-likeness (QED) is 0.923. The number of aryl methyl sites for hydroxylation is 1. The second kappa shape index (κ2) is 6.59. The van der Waals surface area contributed by atoms with Crippen molar-refractivity contribution in [3.63, 3.8) is 0 Å². The minimum atomic E-state index is -0.0619. The molecule has 7 nitrogen and oxygen atoms in total. The fraction of sp³-hybridized carbons (Fsp3) is 0.529. The number of hydrogen-bond acceptors (Lipinski definition) is 5. The number of fused-ring (bicyclic) bond motifs is 1. The van der Waals surface area contributed by atoms with Gasteiger partial charge in [0.25, 0.3) is 5.91 Å². The van der Waals surface area contributed by atoms with E-state index in [1.54, 1.807) is 12.3 Å². The summed E-state index contributed by atoms with van der Waals surface area (Å²) in [7, 11) is 3.82. The number of nitrogens with one attached hydrogen (secondary N) is 1. The third-order valence-electron chi connectivity index (χ3n) is 4.29. The summed E-state index contributed by atoms with van der Waals surface area (Å²) in [6, 6.07) is 3.64. The summed E-state index contributed by atoms with van der Waals surface area (Å²) in [6.07, 6.45) is 3.39. The molecule has 0 aromatic carbocycles. The van der Waals surface area contributed by atoms with Crippen molar-refractivity contribution in [3.8, 4) is 0 Å². The molecule has 2 aromatic rings. The molecule has 0 radical (unpaired) electrons. The smallest absolute Gasteiger partial charge is 0.251 e. The zero-order valence-corrected chi connectivity index (χ0v) is 14.7. The van der Waals surface area contributed by atoms with E-state index in [0.717, 1.165) is 36.9 Å².